The first kappa shape index (κ1) is 26.6. The number of hydrogen-bond acceptors (Lipinski definition) is 7. The van der Waals surface area contributed by atoms with Gasteiger partial charge in [0.2, 0.25) is 0 Å². The van der Waals surface area contributed by atoms with Gasteiger partial charge in [-0.05, 0) is 24.1 Å². The molecule has 1 atom stereocenters. The van der Waals surface area contributed by atoms with Crippen molar-refractivity contribution in [3.63, 3.8) is 0 Å². The predicted octanol–water partition coefficient (Wildman–Crippen LogP) is 2.64. The molecule has 3 rings (SSSR count). The molecule has 2 aromatic carbocycles. The number of aromatic hydroxyl groups is 1. The maximum atomic E-state index is 13.2. The van der Waals surface area contributed by atoms with Crippen LogP contribution in [0, 0.1) is 0 Å². The minimum Gasteiger partial charge on any atom is -0.505 e. The van der Waals surface area contributed by atoms with E-state index in [1.165, 1.54) is 40.5 Å². The molecule has 0 saturated heterocycles. The number of amides is 1. The van der Waals surface area contributed by atoms with Crippen molar-refractivity contribution in [2.24, 2.45) is 14.1 Å². The van der Waals surface area contributed by atoms with Crippen molar-refractivity contribution >= 4 is 23.0 Å². The van der Waals surface area contributed by atoms with Crippen LogP contribution in [-0.4, -0.2) is 52.0 Å². The Morgan fingerprint density at radius 3 is 2.25 bits per heavy atom. The van der Waals surface area contributed by atoms with Gasteiger partial charge in [-0.3, -0.25) is 14.4 Å². The number of ether oxygens (including phenoxy) is 1. The van der Waals surface area contributed by atoms with Gasteiger partial charge in [0.05, 0.1) is 24.5 Å². The lowest BCUT2D eigenvalue weighted by molar-refractivity contribution is 0.0824. The molecule has 36 heavy (non-hydrogen) atoms. The summed E-state index contributed by atoms with van der Waals surface area (Å²) in [6.45, 7) is 2.67. The molecule has 10 nitrogen and oxygen atoms in total. The van der Waals surface area contributed by atoms with Crippen LogP contribution in [-0.2, 0) is 25.4 Å². The van der Waals surface area contributed by atoms with Crippen LogP contribution in [0.25, 0.3) is 0 Å². The van der Waals surface area contributed by atoms with Crippen LogP contribution in [0.1, 0.15) is 29.3 Å². The highest BCUT2D eigenvalue weighted by Gasteiger charge is 2.22. The summed E-state index contributed by atoms with van der Waals surface area (Å²) in [7, 11) is 6.13. The minimum absolute atomic E-state index is 0.0353. The van der Waals surface area contributed by atoms with Gasteiger partial charge in [0.1, 0.15) is 11.4 Å². The van der Waals surface area contributed by atoms with E-state index in [0.29, 0.717) is 19.6 Å². The van der Waals surface area contributed by atoms with Crippen LogP contribution in [0.15, 0.2) is 58.1 Å². The Kier molecular flexibility index (Phi) is 8.55. The normalized spacial score (nSPS) is 11.7. The largest absolute Gasteiger partial charge is 0.505 e. The van der Waals surface area contributed by atoms with E-state index in [9.17, 15) is 19.5 Å². The van der Waals surface area contributed by atoms with Gasteiger partial charge in [-0.2, -0.15) is 0 Å². The number of phenolic OH excluding ortho intramolecular Hbond substituents is 1. The summed E-state index contributed by atoms with van der Waals surface area (Å²) >= 11 is 0. The van der Waals surface area contributed by atoms with E-state index in [4.69, 9.17) is 4.74 Å². The molecule has 3 N–H and O–H groups in total. The molecular formula is C26H33N5O5. The van der Waals surface area contributed by atoms with E-state index in [2.05, 4.69) is 10.6 Å². The van der Waals surface area contributed by atoms with Gasteiger partial charge in [0, 0.05) is 34.2 Å². The first-order valence-electron chi connectivity index (χ1n) is 11.6. The molecule has 3 aromatic rings. The summed E-state index contributed by atoms with van der Waals surface area (Å²) in [5.74, 6) is -0.712. The van der Waals surface area contributed by atoms with E-state index in [0.717, 1.165) is 5.56 Å². The fraction of sp³-hybridized carbons (Fsp3) is 0.346. The summed E-state index contributed by atoms with van der Waals surface area (Å²) in [6, 6.07) is 14.1. The molecular weight excluding hydrogens is 462 g/mol. The van der Waals surface area contributed by atoms with Crippen molar-refractivity contribution in [1.82, 2.24) is 14.3 Å². The molecule has 0 saturated carbocycles. The summed E-state index contributed by atoms with van der Waals surface area (Å²) in [5.41, 5.74) is 0.336. The zero-order chi connectivity index (χ0) is 26.4. The van der Waals surface area contributed by atoms with E-state index in [1.54, 1.807) is 20.2 Å². The second kappa shape index (κ2) is 11.6. The maximum Gasteiger partial charge on any atom is 0.290 e. The topological polar surface area (TPSA) is 118 Å². The van der Waals surface area contributed by atoms with Crippen molar-refractivity contribution in [3.8, 4) is 5.75 Å². The molecule has 10 heteroatoms. The number of aromatic nitrogens is 2. The summed E-state index contributed by atoms with van der Waals surface area (Å²) in [4.78, 5) is 40.1. The fourth-order valence-corrected chi connectivity index (χ4v) is 3.61. The van der Waals surface area contributed by atoms with Crippen molar-refractivity contribution in [2.45, 2.75) is 26.0 Å². The Morgan fingerprint density at radius 1 is 1.00 bits per heavy atom. The molecule has 0 aliphatic rings. The number of carbonyl (C=O) groups is 1. The smallest absolute Gasteiger partial charge is 0.290 e. The number of nitrogens with zero attached hydrogens (tertiary/aromatic N) is 3. The zero-order valence-corrected chi connectivity index (χ0v) is 21.2. The second-order valence-electron chi connectivity index (χ2n) is 8.68. The van der Waals surface area contributed by atoms with Crippen LogP contribution in [0.2, 0.25) is 0 Å². The molecule has 0 fully saturated rings. The van der Waals surface area contributed by atoms with Crippen molar-refractivity contribution in [1.29, 1.82) is 0 Å². The summed E-state index contributed by atoms with van der Waals surface area (Å²) in [6.07, 6.45) is 0.630. The van der Waals surface area contributed by atoms with Gasteiger partial charge in [-0.1, -0.05) is 43.3 Å². The van der Waals surface area contributed by atoms with Crippen molar-refractivity contribution in [3.05, 3.63) is 80.4 Å². The van der Waals surface area contributed by atoms with Gasteiger partial charge < -0.3 is 25.4 Å². The number of phenols is 1. The molecule has 1 heterocycles. The molecule has 0 aliphatic carbocycles. The lowest BCUT2D eigenvalue weighted by Gasteiger charge is -2.22. The Balaban J connectivity index is 1.93. The molecule has 0 unspecified atom stereocenters. The summed E-state index contributed by atoms with van der Waals surface area (Å²) in [5, 5.41) is 16.8. The van der Waals surface area contributed by atoms with E-state index in [1.807, 2.05) is 37.3 Å². The standard InChI is InChI=1S/C26H33N5O5/c1-6-18(16-36-15-17-11-8-7-9-12-17)27-21-22(26(35)31(5)30(4)25(21)34)28-20-14-10-13-19(23(20)32)24(33)29(2)3/h7-14,18,27-28,32H,6,15-16H2,1-5H3/t18-/m1/s1. The zero-order valence-electron chi connectivity index (χ0n) is 21.2. The lowest BCUT2D eigenvalue weighted by Crippen LogP contribution is -2.40. The van der Waals surface area contributed by atoms with E-state index < -0.39 is 17.0 Å². The molecule has 0 radical (unpaired) electrons. The number of hydrogen-bond donors (Lipinski definition) is 3. The quantitative estimate of drug-likeness (QED) is 0.370. The predicted molar refractivity (Wildman–Crippen MR) is 140 cm³/mol. The average molecular weight is 496 g/mol. The third-order valence-electron chi connectivity index (χ3n) is 5.92. The van der Waals surface area contributed by atoms with Crippen molar-refractivity contribution in [2.75, 3.05) is 31.3 Å². The Hall–Kier alpha value is -4.05. The molecule has 0 aliphatic heterocycles. The third kappa shape index (κ3) is 5.77. The number of anilines is 3. The third-order valence-corrected chi connectivity index (χ3v) is 5.92. The number of rotatable bonds is 10. The number of para-hydroxylation sites is 1. The van der Waals surface area contributed by atoms with Gasteiger partial charge in [-0.15, -0.1) is 0 Å². The van der Waals surface area contributed by atoms with E-state index >= 15 is 0 Å². The lowest BCUT2D eigenvalue weighted by atomic mass is 10.1. The van der Waals surface area contributed by atoms with Crippen LogP contribution in [0.4, 0.5) is 17.1 Å². The Bertz CT molecular complexity index is 1330. The highest BCUT2D eigenvalue weighted by atomic mass is 16.5. The Morgan fingerprint density at radius 2 is 1.64 bits per heavy atom. The van der Waals surface area contributed by atoms with Gasteiger partial charge in [-0.25, -0.2) is 9.36 Å². The molecule has 1 amide bonds. The van der Waals surface area contributed by atoms with Crippen LogP contribution in [0.3, 0.4) is 0 Å². The second-order valence-corrected chi connectivity index (χ2v) is 8.68. The van der Waals surface area contributed by atoms with Gasteiger partial charge >= 0.3 is 0 Å². The SMILES string of the molecule is CC[C@H](COCc1ccccc1)Nc1c(Nc2cccc(C(=O)N(C)C)c2O)c(=O)n(C)n(C)c1=O. The van der Waals surface area contributed by atoms with Crippen LogP contribution >= 0.6 is 0 Å². The Labute approximate surface area is 209 Å². The minimum atomic E-state index is -0.483. The maximum absolute atomic E-state index is 13.2. The highest BCUT2D eigenvalue weighted by Crippen LogP contribution is 2.31. The summed E-state index contributed by atoms with van der Waals surface area (Å²) < 4.78 is 8.24. The molecule has 1 aromatic heterocycles. The van der Waals surface area contributed by atoms with Crippen LogP contribution in [0.5, 0.6) is 5.75 Å². The monoisotopic (exact) mass is 495 g/mol. The highest BCUT2D eigenvalue weighted by molar-refractivity contribution is 5.98. The van der Waals surface area contributed by atoms with Gasteiger partial charge in [0.25, 0.3) is 17.0 Å². The molecule has 0 bridgehead atoms. The average Bonchev–Trinajstić information content (AvgIpc) is 2.88. The first-order valence-corrected chi connectivity index (χ1v) is 11.6. The first-order chi connectivity index (χ1) is 17.1. The number of carbonyl (C=O) groups excluding carboxylic acids is 1. The number of nitrogens with one attached hydrogen (secondary N) is 2. The number of benzene rings is 2. The molecule has 192 valence electrons. The van der Waals surface area contributed by atoms with Crippen LogP contribution < -0.4 is 21.8 Å². The molecule has 0 spiro atoms. The van der Waals surface area contributed by atoms with Gasteiger partial charge in [0.15, 0.2) is 5.75 Å². The van der Waals surface area contributed by atoms with E-state index in [-0.39, 0.29) is 34.4 Å². The fourth-order valence-electron chi connectivity index (χ4n) is 3.61. The van der Waals surface area contributed by atoms with Crippen molar-refractivity contribution < 1.29 is 14.6 Å².